The van der Waals surface area contributed by atoms with Gasteiger partial charge in [0.15, 0.2) is 0 Å². The molecule has 1 aromatic rings. The second-order valence-corrected chi connectivity index (χ2v) is 6.44. The van der Waals surface area contributed by atoms with E-state index in [9.17, 15) is 17.6 Å². The Kier molecular flexibility index (Phi) is 5.24. The van der Waals surface area contributed by atoms with Gasteiger partial charge in [-0.05, 0) is 30.5 Å². The lowest BCUT2D eigenvalue weighted by Gasteiger charge is -2.20. The number of benzene rings is 1. The summed E-state index contributed by atoms with van der Waals surface area (Å²) < 4.78 is 39.9. The topological polar surface area (TPSA) is 83.5 Å². The SMILES string of the molecule is CC[C@H](C)[C@H](NS(=O)(=O)c1cc(C)ccc1F)C(=O)O. The van der Waals surface area contributed by atoms with Crippen LogP contribution in [0.15, 0.2) is 23.1 Å². The van der Waals surface area contributed by atoms with Gasteiger partial charge in [0, 0.05) is 0 Å². The predicted molar refractivity (Wildman–Crippen MR) is 72.3 cm³/mol. The van der Waals surface area contributed by atoms with Crippen LogP contribution < -0.4 is 4.72 Å². The average molecular weight is 303 g/mol. The lowest BCUT2D eigenvalue weighted by atomic mass is 10.0. The first-order chi connectivity index (χ1) is 9.19. The van der Waals surface area contributed by atoms with Crippen LogP contribution in [0.5, 0.6) is 0 Å². The van der Waals surface area contributed by atoms with E-state index in [4.69, 9.17) is 5.11 Å². The third-order valence-corrected chi connectivity index (χ3v) is 4.59. The van der Waals surface area contributed by atoms with E-state index in [2.05, 4.69) is 4.72 Å². The summed E-state index contributed by atoms with van der Waals surface area (Å²) in [7, 11) is -4.22. The summed E-state index contributed by atoms with van der Waals surface area (Å²) in [6.45, 7) is 5.00. The Balaban J connectivity index is 3.16. The monoisotopic (exact) mass is 303 g/mol. The molecule has 0 bridgehead atoms. The zero-order valence-corrected chi connectivity index (χ0v) is 12.4. The van der Waals surface area contributed by atoms with Gasteiger partial charge < -0.3 is 5.11 Å². The van der Waals surface area contributed by atoms with Gasteiger partial charge in [-0.3, -0.25) is 4.79 Å². The quantitative estimate of drug-likeness (QED) is 0.841. The summed E-state index contributed by atoms with van der Waals surface area (Å²) in [6.07, 6.45) is 0.482. The smallest absolute Gasteiger partial charge is 0.322 e. The molecule has 0 unspecified atom stereocenters. The van der Waals surface area contributed by atoms with E-state index in [-0.39, 0.29) is 0 Å². The maximum atomic E-state index is 13.6. The third-order valence-electron chi connectivity index (χ3n) is 3.14. The first-order valence-electron chi connectivity index (χ1n) is 6.20. The predicted octanol–water partition coefficient (Wildman–Crippen LogP) is 1.91. The van der Waals surface area contributed by atoms with E-state index >= 15 is 0 Å². The summed E-state index contributed by atoms with van der Waals surface area (Å²) in [4.78, 5) is 10.6. The average Bonchev–Trinajstić information content (AvgIpc) is 2.37. The van der Waals surface area contributed by atoms with Crippen LogP contribution >= 0.6 is 0 Å². The summed E-state index contributed by atoms with van der Waals surface area (Å²) >= 11 is 0. The molecule has 0 spiro atoms. The number of sulfonamides is 1. The van der Waals surface area contributed by atoms with Crippen molar-refractivity contribution >= 4 is 16.0 Å². The van der Waals surface area contributed by atoms with Gasteiger partial charge in [-0.1, -0.05) is 26.3 Å². The molecule has 0 saturated carbocycles. The van der Waals surface area contributed by atoms with E-state index in [1.165, 1.54) is 12.1 Å². The van der Waals surface area contributed by atoms with E-state index < -0.39 is 38.7 Å². The second-order valence-electron chi connectivity index (χ2n) is 4.76. The molecule has 0 amide bonds. The minimum absolute atomic E-state index is 0.407. The highest BCUT2D eigenvalue weighted by Crippen LogP contribution is 2.18. The number of aliphatic carboxylic acids is 1. The molecule has 0 heterocycles. The standard InChI is InChI=1S/C13H18FNO4S/c1-4-9(3)12(13(16)17)15-20(18,19)11-7-8(2)5-6-10(11)14/h5-7,9,12,15H,4H2,1-3H3,(H,16,17)/t9-,12-/m0/s1. The zero-order chi connectivity index (χ0) is 15.5. The van der Waals surface area contributed by atoms with Crippen LogP contribution in [0.4, 0.5) is 4.39 Å². The number of hydrogen-bond donors (Lipinski definition) is 2. The van der Waals surface area contributed by atoms with Crippen LogP contribution in [-0.4, -0.2) is 25.5 Å². The van der Waals surface area contributed by atoms with Gasteiger partial charge in [0.05, 0.1) is 0 Å². The van der Waals surface area contributed by atoms with E-state index in [1.54, 1.807) is 20.8 Å². The van der Waals surface area contributed by atoms with Crippen molar-refractivity contribution < 1.29 is 22.7 Å². The highest BCUT2D eigenvalue weighted by Gasteiger charge is 2.30. The van der Waals surface area contributed by atoms with Gasteiger partial charge >= 0.3 is 5.97 Å². The highest BCUT2D eigenvalue weighted by molar-refractivity contribution is 7.89. The molecule has 2 N–H and O–H groups in total. The first-order valence-corrected chi connectivity index (χ1v) is 7.68. The maximum absolute atomic E-state index is 13.6. The Morgan fingerprint density at radius 1 is 1.45 bits per heavy atom. The molecule has 1 rings (SSSR count). The Morgan fingerprint density at radius 3 is 2.55 bits per heavy atom. The van der Waals surface area contributed by atoms with Gasteiger partial charge in [-0.25, -0.2) is 12.8 Å². The van der Waals surface area contributed by atoms with Crippen molar-refractivity contribution in [2.45, 2.75) is 38.1 Å². The van der Waals surface area contributed by atoms with Crippen molar-refractivity contribution in [2.24, 2.45) is 5.92 Å². The molecule has 0 aliphatic rings. The Bertz CT molecular complexity index is 600. The number of carboxylic acids is 1. The molecular weight excluding hydrogens is 285 g/mol. The lowest BCUT2D eigenvalue weighted by molar-refractivity contribution is -0.140. The molecule has 0 fully saturated rings. The molecule has 2 atom stereocenters. The van der Waals surface area contributed by atoms with Crippen molar-refractivity contribution in [3.05, 3.63) is 29.6 Å². The molecule has 112 valence electrons. The minimum atomic E-state index is -4.22. The van der Waals surface area contributed by atoms with E-state index in [0.29, 0.717) is 12.0 Å². The van der Waals surface area contributed by atoms with Crippen LogP contribution in [0.25, 0.3) is 0 Å². The maximum Gasteiger partial charge on any atom is 0.322 e. The van der Waals surface area contributed by atoms with Crippen LogP contribution in [0.1, 0.15) is 25.8 Å². The van der Waals surface area contributed by atoms with Crippen LogP contribution in [0.3, 0.4) is 0 Å². The summed E-state index contributed by atoms with van der Waals surface area (Å²) in [5, 5.41) is 9.09. The van der Waals surface area contributed by atoms with Crippen LogP contribution in [-0.2, 0) is 14.8 Å². The largest absolute Gasteiger partial charge is 0.480 e. The number of rotatable bonds is 6. The number of carbonyl (C=O) groups is 1. The summed E-state index contributed by atoms with van der Waals surface area (Å²) in [5.41, 5.74) is 0.571. The van der Waals surface area contributed by atoms with Crippen molar-refractivity contribution in [1.82, 2.24) is 4.72 Å². The first kappa shape index (κ1) is 16.6. The molecule has 7 heteroatoms. The molecular formula is C13H18FNO4S. The molecule has 0 radical (unpaired) electrons. The normalized spacial score (nSPS) is 14.8. The van der Waals surface area contributed by atoms with Gasteiger partial charge in [0.25, 0.3) is 0 Å². The fourth-order valence-electron chi connectivity index (χ4n) is 1.69. The van der Waals surface area contributed by atoms with Gasteiger partial charge in [-0.15, -0.1) is 0 Å². The Hall–Kier alpha value is -1.47. The number of halogens is 1. The Labute approximate surface area is 117 Å². The fraction of sp³-hybridized carbons (Fsp3) is 0.462. The van der Waals surface area contributed by atoms with Crippen molar-refractivity contribution in [3.8, 4) is 0 Å². The molecule has 20 heavy (non-hydrogen) atoms. The number of aryl methyl sites for hydroxylation is 1. The third kappa shape index (κ3) is 3.77. The molecule has 0 aromatic heterocycles. The number of hydrogen-bond acceptors (Lipinski definition) is 3. The minimum Gasteiger partial charge on any atom is -0.480 e. The molecule has 1 aromatic carbocycles. The molecule has 5 nitrogen and oxygen atoms in total. The molecule has 0 aliphatic carbocycles. The zero-order valence-electron chi connectivity index (χ0n) is 11.6. The van der Waals surface area contributed by atoms with Crippen molar-refractivity contribution in [2.75, 3.05) is 0 Å². The summed E-state index contributed by atoms with van der Waals surface area (Å²) in [6, 6.07) is 2.37. The van der Waals surface area contributed by atoms with Gasteiger partial charge in [-0.2, -0.15) is 4.72 Å². The van der Waals surface area contributed by atoms with Crippen LogP contribution in [0.2, 0.25) is 0 Å². The van der Waals surface area contributed by atoms with Crippen molar-refractivity contribution in [1.29, 1.82) is 0 Å². The van der Waals surface area contributed by atoms with Crippen molar-refractivity contribution in [3.63, 3.8) is 0 Å². The van der Waals surface area contributed by atoms with E-state index in [0.717, 1.165) is 6.07 Å². The van der Waals surface area contributed by atoms with E-state index in [1.807, 2.05) is 0 Å². The highest BCUT2D eigenvalue weighted by atomic mass is 32.2. The van der Waals surface area contributed by atoms with Crippen LogP contribution in [0, 0.1) is 18.7 Å². The molecule has 0 saturated heterocycles. The second kappa shape index (κ2) is 6.32. The number of carboxylic acid groups (broad SMARTS) is 1. The van der Waals surface area contributed by atoms with Gasteiger partial charge in [0.2, 0.25) is 10.0 Å². The summed E-state index contributed by atoms with van der Waals surface area (Å²) in [5.74, 6) is -2.59. The lowest BCUT2D eigenvalue weighted by Crippen LogP contribution is -2.45. The van der Waals surface area contributed by atoms with Gasteiger partial charge in [0.1, 0.15) is 16.8 Å². The molecule has 0 aliphatic heterocycles. The fourth-order valence-corrected chi connectivity index (χ4v) is 3.15. The Morgan fingerprint density at radius 2 is 2.05 bits per heavy atom. The number of nitrogens with one attached hydrogen (secondary N) is 1.